The average molecular weight is 457 g/mol. The van der Waals surface area contributed by atoms with E-state index in [1.54, 1.807) is 30.3 Å². The van der Waals surface area contributed by atoms with Gasteiger partial charge in [-0.1, -0.05) is 36.4 Å². The second-order valence-corrected chi connectivity index (χ2v) is 7.51. The molecule has 1 aromatic heterocycles. The van der Waals surface area contributed by atoms with Gasteiger partial charge in [-0.2, -0.15) is 0 Å². The van der Waals surface area contributed by atoms with Gasteiger partial charge < -0.3 is 15.0 Å². The van der Waals surface area contributed by atoms with Crippen molar-refractivity contribution in [3.05, 3.63) is 94.0 Å². The number of azo groups is 1. The topological polar surface area (TPSA) is 139 Å². The third kappa shape index (κ3) is 4.65. The van der Waals surface area contributed by atoms with E-state index in [0.29, 0.717) is 16.6 Å². The maximum atomic E-state index is 12.6. The number of rotatable bonds is 6. The molecule has 3 aromatic carbocycles. The summed E-state index contributed by atoms with van der Waals surface area (Å²) in [6, 6.07) is 19.3. The molecule has 0 spiro atoms. The number of nitro groups is 1. The summed E-state index contributed by atoms with van der Waals surface area (Å²) in [5.74, 6) is -1.51. The van der Waals surface area contributed by atoms with E-state index in [2.05, 4.69) is 15.5 Å². The molecule has 0 saturated carbocycles. The van der Waals surface area contributed by atoms with Gasteiger partial charge in [0.2, 0.25) is 11.8 Å². The molecule has 10 nitrogen and oxygen atoms in total. The molecule has 0 bridgehead atoms. The highest BCUT2D eigenvalue weighted by molar-refractivity contribution is 5.99. The van der Waals surface area contributed by atoms with E-state index in [9.17, 15) is 24.8 Å². The molecule has 2 N–H and O–H groups in total. The van der Waals surface area contributed by atoms with Crippen LogP contribution < -0.4 is 5.32 Å². The summed E-state index contributed by atoms with van der Waals surface area (Å²) in [5.41, 5.74) is 1.89. The van der Waals surface area contributed by atoms with Crippen LogP contribution in [0.5, 0.6) is 5.88 Å². The van der Waals surface area contributed by atoms with Crippen molar-refractivity contribution in [2.45, 2.75) is 13.5 Å². The molecule has 0 aliphatic carbocycles. The maximum Gasteiger partial charge on any atom is 0.295 e. The fraction of sp³-hybridized carbons (Fsp3) is 0.0833. The summed E-state index contributed by atoms with van der Waals surface area (Å²) < 4.78 is 1.37. The quantitative estimate of drug-likeness (QED) is 0.235. The van der Waals surface area contributed by atoms with Crippen LogP contribution in [0.2, 0.25) is 0 Å². The Kier molecular flexibility index (Phi) is 6.13. The number of hydrogen-bond acceptors (Lipinski definition) is 6. The van der Waals surface area contributed by atoms with Crippen LogP contribution in [0.15, 0.2) is 83.0 Å². The van der Waals surface area contributed by atoms with Crippen LogP contribution in [0.4, 0.5) is 17.1 Å². The molecule has 34 heavy (non-hydrogen) atoms. The molecule has 0 radical (unpaired) electrons. The van der Waals surface area contributed by atoms with Crippen molar-refractivity contribution in [2.24, 2.45) is 10.2 Å². The molecule has 0 aliphatic rings. The Morgan fingerprint density at radius 3 is 2.59 bits per heavy atom. The first kappa shape index (κ1) is 22.3. The molecule has 0 atom stereocenters. The van der Waals surface area contributed by atoms with Crippen molar-refractivity contribution in [3.63, 3.8) is 0 Å². The number of anilines is 1. The minimum atomic E-state index is -0.808. The van der Waals surface area contributed by atoms with Gasteiger partial charge in [0.25, 0.3) is 11.6 Å². The highest BCUT2D eigenvalue weighted by Crippen LogP contribution is 2.38. The van der Waals surface area contributed by atoms with Crippen molar-refractivity contribution >= 4 is 39.8 Å². The lowest BCUT2D eigenvalue weighted by Crippen LogP contribution is -2.18. The number of fused-ring (bicyclic) bond motifs is 1. The lowest BCUT2D eigenvalue weighted by molar-refractivity contribution is -0.384. The number of non-ortho nitro benzene ring substituents is 1. The van der Waals surface area contributed by atoms with Crippen LogP contribution in [0.1, 0.15) is 15.9 Å². The fourth-order valence-electron chi connectivity index (χ4n) is 3.50. The highest BCUT2D eigenvalue weighted by Gasteiger charge is 2.19. The lowest BCUT2D eigenvalue weighted by Gasteiger charge is -2.09. The van der Waals surface area contributed by atoms with Gasteiger partial charge in [-0.25, -0.2) is 0 Å². The number of nitrogens with zero attached hydrogens (tertiary/aromatic N) is 4. The summed E-state index contributed by atoms with van der Waals surface area (Å²) in [6.45, 7) is 1.71. The van der Waals surface area contributed by atoms with Crippen LogP contribution in [-0.2, 0) is 11.3 Å². The number of benzene rings is 3. The third-order valence-corrected chi connectivity index (χ3v) is 5.07. The first-order chi connectivity index (χ1) is 16.3. The van der Waals surface area contributed by atoms with E-state index < -0.39 is 10.8 Å². The van der Waals surface area contributed by atoms with Crippen molar-refractivity contribution < 1.29 is 19.6 Å². The number of hydrogen-bond donors (Lipinski definition) is 2. The van der Waals surface area contributed by atoms with Crippen LogP contribution in [0, 0.1) is 17.0 Å². The van der Waals surface area contributed by atoms with Crippen LogP contribution in [0.3, 0.4) is 0 Å². The molecule has 0 saturated heterocycles. The zero-order valence-electron chi connectivity index (χ0n) is 18.0. The second kappa shape index (κ2) is 9.33. The van der Waals surface area contributed by atoms with Crippen molar-refractivity contribution in [1.29, 1.82) is 0 Å². The smallest absolute Gasteiger partial charge is 0.295 e. The summed E-state index contributed by atoms with van der Waals surface area (Å²) in [4.78, 5) is 35.4. The number of amides is 2. The molecule has 0 fully saturated rings. The van der Waals surface area contributed by atoms with Gasteiger partial charge >= 0.3 is 0 Å². The number of carbonyl (C=O) groups excluding carboxylic acids is 2. The standard InChI is InChI=1S/C24H19N5O5/c1-15-6-4-8-17(12-15)25-21(30)14-28-20-11-3-2-10-19(20)22(24(28)32)26-27-23(31)16-7-5-9-18(13-16)29(33)34/h2-13,32H,14H2,1H3,(H,25,30). The minimum absolute atomic E-state index is 0.0118. The van der Waals surface area contributed by atoms with Crippen LogP contribution >= 0.6 is 0 Å². The van der Waals surface area contributed by atoms with Gasteiger partial charge in [-0.15, -0.1) is 10.2 Å². The first-order valence-corrected chi connectivity index (χ1v) is 10.2. The fourth-order valence-corrected chi connectivity index (χ4v) is 3.50. The van der Waals surface area contributed by atoms with Gasteiger partial charge in [0.15, 0.2) is 5.69 Å². The van der Waals surface area contributed by atoms with Gasteiger partial charge in [0.05, 0.1) is 16.0 Å². The second-order valence-electron chi connectivity index (χ2n) is 7.51. The van der Waals surface area contributed by atoms with Crippen LogP contribution in [-0.4, -0.2) is 26.4 Å². The Hall–Kier alpha value is -4.86. The molecule has 0 aliphatic heterocycles. The third-order valence-electron chi connectivity index (χ3n) is 5.07. The number of aromatic nitrogens is 1. The zero-order valence-corrected chi connectivity index (χ0v) is 18.0. The Morgan fingerprint density at radius 2 is 1.82 bits per heavy atom. The molecule has 1 heterocycles. The van der Waals surface area contributed by atoms with Gasteiger partial charge in [-0.05, 0) is 36.8 Å². The molecule has 2 amide bonds. The number of carbonyl (C=O) groups is 2. The molecule has 4 aromatic rings. The number of para-hydroxylation sites is 1. The SMILES string of the molecule is Cc1cccc(NC(=O)Cn2c(O)c(N=NC(=O)c3cccc([N+](=O)[O-])c3)c3ccccc32)c1. The molecule has 10 heteroatoms. The lowest BCUT2D eigenvalue weighted by atomic mass is 10.2. The summed E-state index contributed by atoms with van der Waals surface area (Å²) in [7, 11) is 0. The summed E-state index contributed by atoms with van der Waals surface area (Å²) >= 11 is 0. The van der Waals surface area contributed by atoms with Crippen molar-refractivity contribution in [1.82, 2.24) is 4.57 Å². The first-order valence-electron chi connectivity index (χ1n) is 10.2. The van der Waals surface area contributed by atoms with E-state index >= 15 is 0 Å². The van der Waals surface area contributed by atoms with E-state index in [1.807, 2.05) is 25.1 Å². The highest BCUT2D eigenvalue weighted by atomic mass is 16.6. The number of aromatic hydroxyl groups is 1. The summed E-state index contributed by atoms with van der Waals surface area (Å²) in [5, 5.41) is 32.6. The average Bonchev–Trinajstić information content (AvgIpc) is 3.08. The predicted molar refractivity (Wildman–Crippen MR) is 125 cm³/mol. The Morgan fingerprint density at radius 1 is 1.06 bits per heavy atom. The minimum Gasteiger partial charge on any atom is -0.493 e. The molecular formula is C24H19N5O5. The van der Waals surface area contributed by atoms with E-state index in [4.69, 9.17) is 0 Å². The molecule has 170 valence electrons. The number of aryl methyl sites for hydroxylation is 1. The maximum absolute atomic E-state index is 12.6. The monoisotopic (exact) mass is 457 g/mol. The van der Waals surface area contributed by atoms with Crippen LogP contribution in [0.25, 0.3) is 10.9 Å². The van der Waals surface area contributed by atoms with Gasteiger partial charge in [0.1, 0.15) is 6.54 Å². The van der Waals surface area contributed by atoms with Crippen molar-refractivity contribution in [2.75, 3.05) is 5.32 Å². The molecule has 4 rings (SSSR count). The zero-order chi connectivity index (χ0) is 24.2. The van der Waals surface area contributed by atoms with E-state index in [0.717, 1.165) is 11.6 Å². The largest absolute Gasteiger partial charge is 0.493 e. The van der Waals surface area contributed by atoms with Gasteiger partial charge in [-0.3, -0.25) is 19.7 Å². The predicted octanol–water partition coefficient (Wildman–Crippen LogP) is 5.13. The normalized spacial score (nSPS) is 11.1. The van der Waals surface area contributed by atoms with Crippen molar-refractivity contribution in [3.8, 4) is 5.88 Å². The number of nitro benzene ring substituents is 1. The van der Waals surface area contributed by atoms with E-state index in [1.165, 1.54) is 22.8 Å². The molecular weight excluding hydrogens is 438 g/mol. The molecule has 0 unspecified atom stereocenters. The Balaban J connectivity index is 1.62. The van der Waals surface area contributed by atoms with E-state index in [-0.39, 0.29) is 35.3 Å². The Bertz CT molecular complexity index is 1460. The summed E-state index contributed by atoms with van der Waals surface area (Å²) in [6.07, 6.45) is 0. The Labute approximate surface area is 193 Å². The van der Waals surface area contributed by atoms with Gasteiger partial charge in [0, 0.05) is 23.2 Å². The number of nitrogens with one attached hydrogen (secondary N) is 1.